The summed E-state index contributed by atoms with van der Waals surface area (Å²) in [6.07, 6.45) is -4.69. The summed E-state index contributed by atoms with van der Waals surface area (Å²) >= 11 is 0. The van der Waals surface area contributed by atoms with Gasteiger partial charge in [0.2, 0.25) is 0 Å². The van der Waals surface area contributed by atoms with Gasteiger partial charge in [0.25, 0.3) is 0 Å². The molecule has 1 atom stereocenters. The van der Waals surface area contributed by atoms with Gasteiger partial charge in [0.15, 0.2) is 6.10 Å². The van der Waals surface area contributed by atoms with Crippen LogP contribution in [0.4, 0.5) is 13.2 Å². The molecule has 2 nitrogen and oxygen atoms in total. The van der Waals surface area contributed by atoms with E-state index in [1.54, 1.807) is 0 Å². The fourth-order valence-electron chi connectivity index (χ4n) is 1.92. The molecule has 1 unspecified atom stereocenters. The molecule has 5 heteroatoms. The van der Waals surface area contributed by atoms with Crippen molar-refractivity contribution < 1.29 is 17.9 Å². The molecule has 0 amide bonds. The van der Waals surface area contributed by atoms with E-state index in [9.17, 15) is 13.2 Å². The van der Waals surface area contributed by atoms with Crippen molar-refractivity contribution in [3.63, 3.8) is 0 Å². The van der Waals surface area contributed by atoms with Gasteiger partial charge in [-0.25, -0.2) is 0 Å². The first-order valence-electron chi connectivity index (χ1n) is 4.73. The Morgan fingerprint density at radius 2 is 1.79 bits per heavy atom. The van der Waals surface area contributed by atoms with Crippen molar-refractivity contribution in [2.24, 2.45) is 5.92 Å². The molecular formula is C9H16F3NO. The third-order valence-electron chi connectivity index (χ3n) is 2.77. The van der Waals surface area contributed by atoms with Gasteiger partial charge >= 0.3 is 6.18 Å². The first-order chi connectivity index (χ1) is 6.45. The van der Waals surface area contributed by atoms with E-state index in [-0.39, 0.29) is 5.92 Å². The number of rotatable bonds is 2. The zero-order valence-electron chi connectivity index (χ0n) is 8.47. The summed E-state index contributed by atoms with van der Waals surface area (Å²) in [5, 5.41) is 0. The van der Waals surface area contributed by atoms with E-state index in [0.717, 1.165) is 20.2 Å². The molecule has 0 spiro atoms. The summed E-state index contributed by atoms with van der Waals surface area (Å²) in [7, 11) is 3.06. The van der Waals surface area contributed by atoms with Gasteiger partial charge in [-0.05, 0) is 38.9 Å². The third-order valence-corrected chi connectivity index (χ3v) is 2.77. The Morgan fingerprint density at radius 1 is 1.29 bits per heavy atom. The van der Waals surface area contributed by atoms with E-state index >= 15 is 0 Å². The fourth-order valence-corrected chi connectivity index (χ4v) is 1.92. The zero-order chi connectivity index (χ0) is 10.8. The van der Waals surface area contributed by atoms with Crippen molar-refractivity contribution in [3.05, 3.63) is 0 Å². The number of hydrogen-bond acceptors (Lipinski definition) is 2. The monoisotopic (exact) mass is 211 g/mol. The van der Waals surface area contributed by atoms with Gasteiger partial charge in [-0.3, -0.25) is 0 Å². The summed E-state index contributed by atoms with van der Waals surface area (Å²) in [6, 6.07) is 0. The Morgan fingerprint density at radius 3 is 2.14 bits per heavy atom. The Bertz CT molecular complexity index is 175. The minimum Gasteiger partial charge on any atom is -0.372 e. The van der Waals surface area contributed by atoms with Gasteiger partial charge in [0.05, 0.1) is 0 Å². The molecule has 0 aromatic heterocycles. The summed E-state index contributed by atoms with van der Waals surface area (Å²) < 4.78 is 41.9. The maximum atomic E-state index is 12.5. The number of nitrogens with zero attached hydrogens (tertiary/aromatic N) is 1. The molecule has 0 aromatic carbocycles. The van der Waals surface area contributed by atoms with Crippen LogP contribution in [0.15, 0.2) is 0 Å². The molecule has 14 heavy (non-hydrogen) atoms. The second-order valence-electron chi connectivity index (χ2n) is 3.84. The summed E-state index contributed by atoms with van der Waals surface area (Å²) in [5.41, 5.74) is 0. The van der Waals surface area contributed by atoms with Crippen LogP contribution in [0, 0.1) is 5.92 Å². The van der Waals surface area contributed by atoms with E-state index in [2.05, 4.69) is 4.74 Å². The van der Waals surface area contributed by atoms with E-state index in [1.165, 1.54) is 0 Å². The number of ether oxygens (including phenoxy) is 1. The summed E-state index contributed by atoms with van der Waals surface area (Å²) in [6.45, 7) is 1.45. The number of halogens is 3. The maximum Gasteiger partial charge on any atom is 0.414 e. The van der Waals surface area contributed by atoms with E-state index in [4.69, 9.17) is 0 Å². The molecule has 1 aliphatic heterocycles. The van der Waals surface area contributed by atoms with Crippen LogP contribution in [0.5, 0.6) is 0 Å². The first kappa shape index (κ1) is 11.8. The average Bonchev–Trinajstić information content (AvgIpc) is 2.07. The lowest BCUT2D eigenvalue weighted by molar-refractivity contribution is -0.231. The molecule has 1 aliphatic rings. The second-order valence-corrected chi connectivity index (χ2v) is 3.84. The van der Waals surface area contributed by atoms with Crippen LogP contribution < -0.4 is 0 Å². The number of likely N-dealkylation sites (tertiary alicyclic amines) is 1. The van der Waals surface area contributed by atoms with E-state index in [0.29, 0.717) is 12.8 Å². The first-order valence-corrected chi connectivity index (χ1v) is 4.73. The molecule has 1 rings (SSSR count). The van der Waals surface area contributed by atoms with Gasteiger partial charge in [-0.1, -0.05) is 0 Å². The predicted molar refractivity (Wildman–Crippen MR) is 47.1 cm³/mol. The van der Waals surface area contributed by atoms with Gasteiger partial charge < -0.3 is 9.64 Å². The lowest BCUT2D eigenvalue weighted by Gasteiger charge is -2.34. The van der Waals surface area contributed by atoms with Crippen LogP contribution >= 0.6 is 0 Å². The Hall–Kier alpha value is -0.290. The smallest absolute Gasteiger partial charge is 0.372 e. The molecule has 0 radical (unpaired) electrons. The Balaban J connectivity index is 2.54. The van der Waals surface area contributed by atoms with E-state index in [1.807, 2.05) is 11.9 Å². The highest BCUT2D eigenvalue weighted by molar-refractivity contribution is 4.81. The molecule has 0 aliphatic carbocycles. The van der Waals surface area contributed by atoms with Crippen LogP contribution in [0.25, 0.3) is 0 Å². The largest absolute Gasteiger partial charge is 0.414 e. The van der Waals surface area contributed by atoms with Crippen LogP contribution in [-0.2, 0) is 4.74 Å². The topological polar surface area (TPSA) is 12.5 Å². The molecule has 1 heterocycles. The number of hydrogen-bond donors (Lipinski definition) is 0. The second kappa shape index (κ2) is 4.49. The summed E-state index contributed by atoms with van der Waals surface area (Å²) in [5.74, 6) is -0.379. The minimum absolute atomic E-state index is 0.379. The Kier molecular flexibility index (Phi) is 3.78. The van der Waals surface area contributed by atoms with E-state index < -0.39 is 12.3 Å². The van der Waals surface area contributed by atoms with Crippen molar-refractivity contribution in [1.82, 2.24) is 4.90 Å². The lowest BCUT2D eigenvalue weighted by Crippen LogP contribution is -2.43. The van der Waals surface area contributed by atoms with Crippen LogP contribution in [0.3, 0.4) is 0 Å². The highest BCUT2D eigenvalue weighted by atomic mass is 19.4. The highest BCUT2D eigenvalue weighted by Crippen LogP contribution is 2.33. The van der Waals surface area contributed by atoms with Gasteiger partial charge in [-0.15, -0.1) is 0 Å². The van der Waals surface area contributed by atoms with Gasteiger partial charge in [0, 0.05) is 7.11 Å². The molecule has 84 valence electrons. The molecule has 0 bridgehead atoms. The predicted octanol–water partition coefficient (Wildman–Crippen LogP) is 1.91. The Labute approximate surface area is 82.0 Å². The minimum atomic E-state index is -4.23. The molecule has 0 N–H and O–H groups in total. The SMILES string of the molecule is COC(C1CCN(C)CC1)C(F)(F)F. The number of alkyl halides is 3. The van der Waals surface area contributed by atoms with Crippen molar-refractivity contribution in [1.29, 1.82) is 0 Å². The van der Waals surface area contributed by atoms with Crippen LogP contribution in [0.1, 0.15) is 12.8 Å². The molecule has 1 fully saturated rings. The van der Waals surface area contributed by atoms with Crippen LogP contribution in [0.2, 0.25) is 0 Å². The van der Waals surface area contributed by atoms with Gasteiger partial charge in [-0.2, -0.15) is 13.2 Å². The average molecular weight is 211 g/mol. The van der Waals surface area contributed by atoms with Crippen molar-refractivity contribution in [3.8, 4) is 0 Å². The molecule has 0 aromatic rings. The fraction of sp³-hybridized carbons (Fsp3) is 1.00. The zero-order valence-corrected chi connectivity index (χ0v) is 8.47. The lowest BCUT2D eigenvalue weighted by atomic mass is 9.91. The van der Waals surface area contributed by atoms with Crippen molar-refractivity contribution in [2.45, 2.75) is 25.1 Å². The van der Waals surface area contributed by atoms with Crippen LogP contribution in [-0.4, -0.2) is 44.4 Å². The standard InChI is InChI=1S/C9H16F3NO/c1-13-5-3-7(4-6-13)8(14-2)9(10,11)12/h7-8H,3-6H2,1-2H3. The van der Waals surface area contributed by atoms with Crippen molar-refractivity contribution >= 4 is 0 Å². The van der Waals surface area contributed by atoms with Gasteiger partial charge in [0.1, 0.15) is 0 Å². The third kappa shape index (κ3) is 2.85. The molecule has 1 saturated heterocycles. The highest BCUT2D eigenvalue weighted by Gasteiger charge is 2.45. The summed E-state index contributed by atoms with van der Waals surface area (Å²) in [4.78, 5) is 2.04. The molecule has 0 saturated carbocycles. The normalized spacial score (nSPS) is 23.8. The number of methoxy groups -OCH3 is 1. The quantitative estimate of drug-likeness (QED) is 0.691. The van der Waals surface area contributed by atoms with Crippen molar-refractivity contribution in [2.75, 3.05) is 27.2 Å². The molecular weight excluding hydrogens is 195 g/mol. The number of piperidine rings is 1. The maximum absolute atomic E-state index is 12.5.